The Kier molecular flexibility index (Phi) is 4.94. The first-order chi connectivity index (χ1) is 11.5. The van der Waals surface area contributed by atoms with Crippen LogP contribution in [-0.4, -0.2) is 16.1 Å². The molecule has 1 aliphatic carbocycles. The van der Waals surface area contributed by atoms with Gasteiger partial charge in [0.2, 0.25) is 11.0 Å². The van der Waals surface area contributed by atoms with Crippen LogP contribution in [0.1, 0.15) is 50.1 Å². The number of hydrogen-bond donors (Lipinski definition) is 1. The zero-order chi connectivity index (χ0) is 17.2. The molecule has 0 unspecified atom stereocenters. The number of aromatic nitrogens is 2. The normalized spacial score (nSPS) is 16.5. The first kappa shape index (κ1) is 17.0. The number of nitrogens with one attached hydrogen (secondary N) is 1. The molecule has 0 aliphatic heterocycles. The Morgan fingerprint density at radius 3 is 2.75 bits per heavy atom. The molecule has 1 N–H and O–H groups in total. The number of carbonyl (C=O) groups excluding carboxylic acids is 1. The maximum Gasteiger partial charge on any atom is 0.236 e. The van der Waals surface area contributed by atoms with E-state index in [1.165, 1.54) is 23.5 Å². The Morgan fingerprint density at radius 1 is 1.33 bits per heavy atom. The molecule has 6 heteroatoms. The van der Waals surface area contributed by atoms with Crippen molar-refractivity contribution in [2.24, 2.45) is 5.92 Å². The van der Waals surface area contributed by atoms with Crippen molar-refractivity contribution in [2.45, 2.75) is 51.4 Å². The molecule has 0 spiro atoms. The van der Waals surface area contributed by atoms with Crippen LogP contribution in [0.4, 0.5) is 9.52 Å². The number of carbonyl (C=O) groups is 1. The Hall–Kier alpha value is -1.82. The average Bonchev–Trinajstić information content (AvgIpc) is 3.17. The summed E-state index contributed by atoms with van der Waals surface area (Å²) in [6.07, 6.45) is 4.26. The molecular weight excluding hydrogens is 325 g/mol. The molecule has 0 atom stereocenters. The number of nitrogens with zero attached hydrogens (tertiary/aromatic N) is 2. The molecule has 4 nitrogen and oxygen atoms in total. The standard InChI is InChI=1S/C18H22FN3OS/c1-12(2)10-15-21-22-17(24-15)20-16(23)18(8-3-4-9-18)13-6-5-7-14(19)11-13/h5-7,11-12H,3-4,8-10H2,1-2H3,(H,20,22,23). The van der Waals surface area contributed by atoms with Crippen molar-refractivity contribution in [1.82, 2.24) is 10.2 Å². The predicted molar refractivity (Wildman–Crippen MR) is 93.6 cm³/mol. The lowest BCUT2D eigenvalue weighted by atomic mass is 9.78. The summed E-state index contributed by atoms with van der Waals surface area (Å²) in [6, 6.07) is 6.41. The van der Waals surface area contributed by atoms with Crippen molar-refractivity contribution in [2.75, 3.05) is 5.32 Å². The summed E-state index contributed by atoms with van der Waals surface area (Å²) < 4.78 is 13.7. The van der Waals surface area contributed by atoms with E-state index < -0.39 is 5.41 Å². The van der Waals surface area contributed by atoms with Crippen LogP contribution in [0.15, 0.2) is 24.3 Å². The van der Waals surface area contributed by atoms with Gasteiger partial charge in [0.15, 0.2) is 0 Å². The van der Waals surface area contributed by atoms with Crippen LogP contribution < -0.4 is 5.32 Å². The van der Waals surface area contributed by atoms with Gasteiger partial charge in [0.05, 0.1) is 5.41 Å². The lowest BCUT2D eigenvalue weighted by Gasteiger charge is -2.27. The van der Waals surface area contributed by atoms with E-state index in [4.69, 9.17) is 0 Å². The number of hydrogen-bond acceptors (Lipinski definition) is 4. The van der Waals surface area contributed by atoms with E-state index in [-0.39, 0.29) is 11.7 Å². The second-order valence-electron chi connectivity index (χ2n) is 6.85. The molecule has 0 bridgehead atoms. The number of rotatable bonds is 5. The minimum atomic E-state index is -0.661. The van der Waals surface area contributed by atoms with Gasteiger partial charge in [-0.3, -0.25) is 10.1 Å². The summed E-state index contributed by atoms with van der Waals surface area (Å²) in [7, 11) is 0. The monoisotopic (exact) mass is 347 g/mol. The minimum Gasteiger partial charge on any atom is -0.300 e. The highest BCUT2D eigenvalue weighted by atomic mass is 32.1. The van der Waals surface area contributed by atoms with Gasteiger partial charge < -0.3 is 0 Å². The van der Waals surface area contributed by atoms with Gasteiger partial charge in [-0.1, -0.05) is 50.2 Å². The van der Waals surface area contributed by atoms with Gasteiger partial charge in [0.25, 0.3) is 0 Å². The molecule has 1 aromatic heterocycles. The van der Waals surface area contributed by atoms with Crippen molar-refractivity contribution in [3.8, 4) is 0 Å². The van der Waals surface area contributed by atoms with Crippen molar-refractivity contribution in [3.05, 3.63) is 40.7 Å². The summed E-state index contributed by atoms with van der Waals surface area (Å²) in [5.74, 6) is 0.0922. The number of anilines is 1. The van der Waals surface area contributed by atoms with Gasteiger partial charge >= 0.3 is 0 Å². The summed E-state index contributed by atoms with van der Waals surface area (Å²) >= 11 is 1.42. The minimum absolute atomic E-state index is 0.0992. The van der Waals surface area contributed by atoms with Gasteiger partial charge in [-0.25, -0.2) is 4.39 Å². The van der Waals surface area contributed by atoms with E-state index in [9.17, 15) is 9.18 Å². The van der Waals surface area contributed by atoms with Gasteiger partial charge in [-0.15, -0.1) is 10.2 Å². The fourth-order valence-electron chi connectivity index (χ4n) is 3.36. The van der Waals surface area contributed by atoms with Crippen LogP contribution in [0.5, 0.6) is 0 Å². The molecule has 1 heterocycles. The number of amides is 1. The highest BCUT2D eigenvalue weighted by Gasteiger charge is 2.43. The second kappa shape index (κ2) is 6.97. The van der Waals surface area contributed by atoms with E-state index in [1.807, 2.05) is 6.07 Å². The van der Waals surface area contributed by atoms with E-state index in [0.717, 1.165) is 42.7 Å². The van der Waals surface area contributed by atoms with Crippen LogP contribution >= 0.6 is 11.3 Å². The molecule has 2 aromatic rings. The molecule has 0 radical (unpaired) electrons. The molecule has 3 rings (SSSR count). The van der Waals surface area contributed by atoms with Crippen LogP contribution in [0.3, 0.4) is 0 Å². The smallest absolute Gasteiger partial charge is 0.236 e. The van der Waals surface area contributed by atoms with Crippen LogP contribution in [-0.2, 0) is 16.6 Å². The van der Waals surface area contributed by atoms with E-state index in [2.05, 4.69) is 29.4 Å². The Morgan fingerprint density at radius 2 is 2.08 bits per heavy atom. The molecule has 1 aromatic carbocycles. The Balaban J connectivity index is 1.81. The molecule has 1 saturated carbocycles. The fourth-order valence-corrected chi connectivity index (χ4v) is 4.31. The van der Waals surface area contributed by atoms with E-state index in [1.54, 1.807) is 6.07 Å². The first-order valence-electron chi connectivity index (χ1n) is 8.39. The number of benzene rings is 1. The van der Waals surface area contributed by atoms with Crippen LogP contribution in [0.25, 0.3) is 0 Å². The third-order valence-corrected chi connectivity index (χ3v) is 5.40. The number of halogens is 1. The van der Waals surface area contributed by atoms with Crippen molar-refractivity contribution in [1.29, 1.82) is 0 Å². The quantitative estimate of drug-likeness (QED) is 0.876. The van der Waals surface area contributed by atoms with Crippen molar-refractivity contribution >= 4 is 22.4 Å². The summed E-state index contributed by atoms with van der Waals surface area (Å²) in [6.45, 7) is 4.24. The highest BCUT2D eigenvalue weighted by molar-refractivity contribution is 7.15. The average molecular weight is 347 g/mol. The van der Waals surface area contributed by atoms with Crippen LogP contribution in [0.2, 0.25) is 0 Å². The molecule has 128 valence electrons. The fraction of sp³-hybridized carbons (Fsp3) is 0.500. The van der Waals surface area contributed by atoms with E-state index in [0.29, 0.717) is 11.0 Å². The zero-order valence-electron chi connectivity index (χ0n) is 14.0. The summed E-state index contributed by atoms with van der Waals surface area (Å²) in [5.41, 5.74) is 0.0934. The second-order valence-corrected chi connectivity index (χ2v) is 7.91. The third kappa shape index (κ3) is 3.48. The largest absolute Gasteiger partial charge is 0.300 e. The van der Waals surface area contributed by atoms with Gasteiger partial charge in [0, 0.05) is 6.42 Å². The first-order valence-corrected chi connectivity index (χ1v) is 9.21. The lowest BCUT2D eigenvalue weighted by Crippen LogP contribution is -2.38. The van der Waals surface area contributed by atoms with Crippen molar-refractivity contribution < 1.29 is 9.18 Å². The molecular formula is C18H22FN3OS. The SMILES string of the molecule is CC(C)Cc1nnc(NC(=O)C2(c3cccc(F)c3)CCCC2)s1. The summed E-state index contributed by atoms with van der Waals surface area (Å²) in [5, 5.41) is 12.6. The lowest BCUT2D eigenvalue weighted by molar-refractivity contribution is -0.121. The highest BCUT2D eigenvalue weighted by Crippen LogP contribution is 2.42. The molecule has 1 aliphatic rings. The van der Waals surface area contributed by atoms with Crippen molar-refractivity contribution in [3.63, 3.8) is 0 Å². The van der Waals surface area contributed by atoms with Gasteiger partial charge in [0.1, 0.15) is 10.8 Å². The topological polar surface area (TPSA) is 54.9 Å². The summed E-state index contributed by atoms with van der Waals surface area (Å²) in [4.78, 5) is 13.0. The molecule has 0 saturated heterocycles. The third-order valence-electron chi connectivity index (χ3n) is 4.54. The Bertz CT molecular complexity index is 723. The van der Waals surface area contributed by atoms with E-state index >= 15 is 0 Å². The van der Waals surface area contributed by atoms with Crippen LogP contribution in [0, 0.1) is 11.7 Å². The van der Waals surface area contributed by atoms with Gasteiger partial charge in [-0.2, -0.15) is 0 Å². The maximum absolute atomic E-state index is 13.7. The Labute approximate surface area is 145 Å². The molecule has 24 heavy (non-hydrogen) atoms. The maximum atomic E-state index is 13.7. The molecule has 1 amide bonds. The molecule has 1 fully saturated rings. The zero-order valence-corrected chi connectivity index (χ0v) is 14.8. The predicted octanol–water partition coefficient (Wildman–Crippen LogP) is 4.33. The van der Waals surface area contributed by atoms with Gasteiger partial charge in [-0.05, 0) is 36.5 Å².